The van der Waals surface area contributed by atoms with Gasteiger partial charge in [0.1, 0.15) is 17.3 Å². The van der Waals surface area contributed by atoms with Crippen LogP contribution in [0.15, 0.2) is 23.9 Å². The van der Waals surface area contributed by atoms with E-state index >= 15 is 0 Å². The SMILES string of the molecule is COc1ccc(F)cc1/C=C(\N)C(=O)OF. The molecule has 6 heteroatoms. The molecule has 1 aromatic rings. The Hall–Kier alpha value is -2.11. The van der Waals surface area contributed by atoms with Crippen molar-refractivity contribution in [2.75, 3.05) is 7.11 Å². The van der Waals surface area contributed by atoms with Crippen LogP contribution >= 0.6 is 0 Å². The van der Waals surface area contributed by atoms with Crippen molar-refractivity contribution >= 4 is 12.0 Å². The van der Waals surface area contributed by atoms with Crippen LogP contribution < -0.4 is 10.5 Å². The number of hydrogen-bond donors (Lipinski definition) is 1. The van der Waals surface area contributed by atoms with Gasteiger partial charge < -0.3 is 10.5 Å². The van der Waals surface area contributed by atoms with Crippen molar-refractivity contribution in [1.82, 2.24) is 0 Å². The third kappa shape index (κ3) is 2.69. The Morgan fingerprint density at radius 3 is 2.75 bits per heavy atom. The van der Waals surface area contributed by atoms with Crippen LogP contribution in [0.25, 0.3) is 6.08 Å². The van der Waals surface area contributed by atoms with E-state index in [4.69, 9.17) is 10.5 Å². The average Bonchev–Trinajstić information content (AvgIpc) is 2.28. The van der Waals surface area contributed by atoms with Gasteiger partial charge in [0, 0.05) is 10.1 Å². The van der Waals surface area contributed by atoms with E-state index in [0.29, 0.717) is 5.75 Å². The maximum atomic E-state index is 12.9. The molecule has 0 aromatic heterocycles. The number of rotatable bonds is 3. The van der Waals surface area contributed by atoms with Crippen LogP contribution in [0.5, 0.6) is 5.75 Å². The van der Waals surface area contributed by atoms with Gasteiger partial charge in [0.05, 0.1) is 7.11 Å². The van der Waals surface area contributed by atoms with Crippen LogP contribution in [0.1, 0.15) is 5.56 Å². The van der Waals surface area contributed by atoms with Crippen molar-refractivity contribution in [3.63, 3.8) is 0 Å². The van der Waals surface area contributed by atoms with E-state index in [1.54, 1.807) is 0 Å². The fraction of sp³-hybridized carbons (Fsp3) is 0.100. The molecule has 86 valence electrons. The lowest BCUT2D eigenvalue weighted by atomic mass is 10.1. The van der Waals surface area contributed by atoms with Gasteiger partial charge in [-0.3, -0.25) is 0 Å². The normalized spacial score (nSPS) is 11.1. The number of halogens is 2. The summed E-state index contributed by atoms with van der Waals surface area (Å²) in [6.45, 7) is 0. The molecule has 4 nitrogen and oxygen atoms in total. The summed E-state index contributed by atoms with van der Waals surface area (Å²) >= 11 is 0. The van der Waals surface area contributed by atoms with Crippen molar-refractivity contribution in [2.45, 2.75) is 0 Å². The number of ether oxygens (including phenoxy) is 1. The zero-order valence-corrected chi connectivity index (χ0v) is 8.37. The van der Waals surface area contributed by atoms with Crippen LogP contribution in [-0.2, 0) is 9.74 Å². The summed E-state index contributed by atoms with van der Waals surface area (Å²) in [7, 11) is 1.37. The molecule has 0 aliphatic heterocycles. The third-order valence-corrected chi connectivity index (χ3v) is 1.81. The quantitative estimate of drug-likeness (QED) is 0.799. The summed E-state index contributed by atoms with van der Waals surface area (Å²) in [4.78, 5) is 13.6. The van der Waals surface area contributed by atoms with E-state index in [2.05, 4.69) is 4.94 Å². The van der Waals surface area contributed by atoms with Gasteiger partial charge in [-0.2, -0.15) is 0 Å². The number of carbonyl (C=O) groups is 1. The molecule has 0 bridgehead atoms. The predicted molar refractivity (Wildman–Crippen MR) is 52.3 cm³/mol. The minimum atomic E-state index is -1.34. The molecule has 0 heterocycles. The molecule has 0 aliphatic carbocycles. The second-order valence-electron chi connectivity index (χ2n) is 2.85. The lowest BCUT2D eigenvalue weighted by Gasteiger charge is -2.04. The van der Waals surface area contributed by atoms with Gasteiger partial charge in [-0.25, -0.2) is 14.1 Å². The Bertz CT molecular complexity index is 432. The number of methoxy groups -OCH3 is 1. The molecule has 1 rings (SSSR count). The zero-order chi connectivity index (χ0) is 12.1. The summed E-state index contributed by atoms with van der Waals surface area (Å²) in [5.74, 6) is -1.57. The third-order valence-electron chi connectivity index (χ3n) is 1.81. The average molecular weight is 229 g/mol. The Morgan fingerprint density at radius 2 is 2.19 bits per heavy atom. The fourth-order valence-electron chi connectivity index (χ4n) is 1.09. The van der Waals surface area contributed by atoms with E-state index in [1.165, 1.54) is 19.2 Å². The first-order chi connectivity index (χ1) is 7.58. The van der Waals surface area contributed by atoms with Gasteiger partial charge >= 0.3 is 5.97 Å². The maximum Gasteiger partial charge on any atom is 0.395 e. The van der Waals surface area contributed by atoms with Crippen LogP contribution in [0.3, 0.4) is 0 Å². The molecule has 0 unspecified atom stereocenters. The topological polar surface area (TPSA) is 61.5 Å². The molecule has 2 N–H and O–H groups in total. The molecule has 0 atom stereocenters. The highest BCUT2D eigenvalue weighted by atomic mass is 19.3. The lowest BCUT2D eigenvalue weighted by molar-refractivity contribution is -0.178. The first-order valence-corrected chi connectivity index (χ1v) is 4.22. The van der Waals surface area contributed by atoms with E-state index < -0.39 is 17.5 Å². The highest BCUT2D eigenvalue weighted by molar-refractivity contribution is 5.92. The van der Waals surface area contributed by atoms with E-state index in [9.17, 15) is 13.7 Å². The highest BCUT2D eigenvalue weighted by Crippen LogP contribution is 2.21. The molecule has 0 aliphatic rings. The smallest absolute Gasteiger partial charge is 0.395 e. The van der Waals surface area contributed by atoms with Crippen LogP contribution in [-0.4, -0.2) is 13.1 Å². The summed E-state index contributed by atoms with van der Waals surface area (Å²) in [6, 6.07) is 3.63. The number of hydrogen-bond acceptors (Lipinski definition) is 4. The van der Waals surface area contributed by atoms with E-state index in [1.807, 2.05) is 0 Å². The van der Waals surface area contributed by atoms with E-state index in [-0.39, 0.29) is 5.56 Å². The van der Waals surface area contributed by atoms with Crippen molar-refractivity contribution in [1.29, 1.82) is 0 Å². The highest BCUT2D eigenvalue weighted by Gasteiger charge is 2.09. The van der Waals surface area contributed by atoms with E-state index in [0.717, 1.165) is 12.1 Å². The molecule has 0 radical (unpaired) electrons. The molecule has 1 aromatic carbocycles. The first kappa shape index (κ1) is 12.0. The van der Waals surface area contributed by atoms with Gasteiger partial charge in [-0.05, 0) is 24.3 Å². The van der Waals surface area contributed by atoms with Gasteiger partial charge in [-0.15, -0.1) is 0 Å². The molecule has 0 saturated carbocycles. The largest absolute Gasteiger partial charge is 0.496 e. The Balaban J connectivity index is 3.12. The predicted octanol–water partition coefficient (Wildman–Crippen LogP) is 1.56. The second kappa shape index (κ2) is 5.11. The van der Waals surface area contributed by atoms with Crippen LogP contribution in [0, 0.1) is 5.82 Å². The maximum absolute atomic E-state index is 12.9. The van der Waals surface area contributed by atoms with Crippen molar-refractivity contribution < 1.29 is 23.4 Å². The molecule has 0 spiro atoms. The van der Waals surface area contributed by atoms with Crippen molar-refractivity contribution in [3.8, 4) is 5.75 Å². The summed E-state index contributed by atoms with van der Waals surface area (Å²) in [6.07, 6.45) is 1.06. The molecular weight excluding hydrogens is 220 g/mol. The Morgan fingerprint density at radius 1 is 1.50 bits per heavy atom. The number of nitrogens with two attached hydrogens (primary N) is 1. The van der Waals surface area contributed by atoms with Gasteiger partial charge in [0.15, 0.2) is 0 Å². The lowest BCUT2D eigenvalue weighted by Crippen LogP contribution is -2.11. The molecular formula is C10H9F2NO3. The van der Waals surface area contributed by atoms with Crippen molar-refractivity contribution in [3.05, 3.63) is 35.3 Å². The molecule has 0 fully saturated rings. The minimum Gasteiger partial charge on any atom is -0.496 e. The first-order valence-electron chi connectivity index (χ1n) is 4.22. The Labute approximate surface area is 90.2 Å². The fourth-order valence-corrected chi connectivity index (χ4v) is 1.09. The standard InChI is InChI=1S/C10H9F2NO3/c1-15-9-3-2-7(11)4-6(9)5-8(13)10(14)16-12/h2-5H,13H2,1H3/b8-5-. The summed E-state index contributed by atoms with van der Waals surface area (Å²) in [5, 5.41) is 0. The summed E-state index contributed by atoms with van der Waals surface area (Å²) < 4.78 is 29.3. The molecule has 0 saturated heterocycles. The van der Waals surface area contributed by atoms with Gasteiger partial charge in [-0.1, -0.05) is 0 Å². The number of benzene rings is 1. The van der Waals surface area contributed by atoms with Crippen LogP contribution in [0.2, 0.25) is 0 Å². The Kier molecular flexibility index (Phi) is 3.82. The van der Waals surface area contributed by atoms with Crippen molar-refractivity contribution in [2.24, 2.45) is 5.73 Å². The summed E-state index contributed by atoms with van der Waals surface area (Å²) in [5.41, 5.74) is 4.92. The second-order valence-corrected chi connectivity index (χ2v) is 2.85. The van der Waals surface area contributed by atoms with Crippen LogP contribution in [0.4, 0.5) is 8.92 Å². The van der Waals surface area contributed by atoms with Gasteiger partial charge in [0.2, 0.25) is 0 Å². The monoisotopic (exact) mass is 229 g/mol. The molecule has 16 heavy (non-hydrogen) atoms. The van der Waals surface area contributed by atoms with Gasteiger partial charge in [0.25, 0.3) is 0 Å². The minimum absolute atomic E-state index is 0.213. The zero-order valence-electron chi connectivity index (χ0n) is 8.37. The molecule has 0 amide bonds. The number of carbonyl (C=O) groups excluding carboxylic acids is 1.